The van der Waals surface area contributed by atoms with Gasteiger partial charge >= 0.3 is 5.97 Å². The first-order valence-corrected chi connectivity index (χ1v) is 5.17. The van der Waals surface area contributed by atoms with Gasteiger partial charge in [-0.15, -0.1) is 0 Å². The molecule has 0 saturated heterocycles. The lowest BCUT2D eigenvalue weighted by Gasteiger charge is -2.13. The number of aromatic amines is 1. The first kappa shape index (κ1) is 11.5. The van der Waals surface area contributed by atoms with E-state index in [-0.39, 0.29) is 6.42 Å². The summed E-state index contributed by atoms with van der Waals surface area (Å²) < 4.78 is 5.24. The lowest BCUT2D eigenvalue weighted by Crippen LogP contribution is -2.07. The molecule has 1 aromatic heterocycles. The Balaban J connectivity index is 2.49. The zero-order valence-electron chi connectivity index (χ0n) is 9.30. The number of methoxy groups -OCH3 is 1. The van der Waals surface area contributed by atoms with Gasteiger partial charge in [-0.05, 0) is 6.07 Å². The van der Waals surface area contributed by atoms with Crippen LogP contribution in [0.25, 0.3) is 10.9 Å². The number of carboxylic acid groups (broad SMARTS) is 1. The van der Waals surface area contributed by atoms with E-state index in [2.05, 4.69) is 4.98 Å². The minimum atomic E-state index is -1.07. The van der Waals surface area contributed by atoms with Crippen LogP contribution in [0.1, 0.15) is 18.1 Å². The van der Waals surface area contributed by atoms with E-state index in [4.69, 9.17) is 9.84 Å². The van der Waals surface area contributed by atoms with Crippen molar-refractivity contribution in [2.45, 2.75) is 12.5 Å². The van der Waals surface area contributed by atoms with Gasteiger partial charge in [0.15, 0.2) is 0 Å². The number of benzene rings is 1. The molecular formula is C12H13NO4. The Morgan fingerprint density at radius 2 is 2.24 bits per heavy atom. The fourth-order valence-electron chi connectivity index (χ4n) is 1.87. The first-order chi connectivity index (χ1) is 8.13. The summed E-state index contributed by atoms with van der Waals surface area (Å²) in [6.07, 6.45) is 0.346. The van der Waals surface area contributed by atoms with Crippen molar-refractivity contribution in [3.8, 4) is 5.75 Å². The van der Waals surface area contributed by atoms with Crippen LogP contribution in [0, 0.1) is 0 Å². The fourth-order valence-corrected chi connectivity index (χ4v) is 1.87. The van der Waals surface area contributed by atoms with Crippen molar-refractivity contribution in [1.82, 2.24) is 4.98 Å². The number of carbonyl (C=O) groups is 1. The lowest BCUT2D eigenvalue weighted by atomic mass is 10.0. The molecule has 1 heterocycles. The summed E-state index contributed by atoms with van der Waals surface area (Å²) in [5, 5.41) is 19.5. The molecule has 0 aliphatic heterocycles. The summed E-state index contributed by atoms with van der Waals surface area (Å²) in [7, 11) is 1.49. The van der Waals surface area contributed by atoms with Crippen molar-refractivity contribution in [3.05, 3.63) is 30.0 Å². The number of hydrogen-bond acceptors (Lipinski definition) is 3. The van der Waals surface area contributed by atoms with Gasteiger partial charge in [-0.2, -0.15) is 0 Å². The van der Waals surface area contributed by atoms with Gasteiger partial charge in [-0.25, -0.2) is 0 Å². The van der Waals surface area contributed by atoms with Crippen molar-refractivity contribution in [2.75, 3.05) is 7.11 Å². The van der Waals surface area contributed by atoms with Gasteiger partial charge in [-0.3, -0.25) is 4.79 Å². The molecule has 17 heavy (non-hydrogen) atoms. The number of aliphatic hydroxyl groups excluding tert-OH is 1. The third-order valence-electron chi connectivity index (χ3n) is 2.64. The van der Waals surface area contributed by atoms with Gasteiger partial charge in [0, 0.05) is 17.1 Å². The maximum atomic E-state index is 10.6. The number of carboxylic acids is 1. The topological polar surface area (TPSA) is 82.6 Å². The molecule has 3 N–H and O–H groups in total. The molecule has 90 valence electrons. The minimum absolute atomic E-state index is 0.345. The van der Waals surface area contributed by atoms with Crippen molar-refractivity contribution >= 4 is 16.9 Å². The Bertz CT molecular complexity index is 546. The average Bonchev–Trinajstić information content (AvgIpc) is 2.74. The Morgan fingerprint density at radius 1 is 1.47 bits per heavy atom. The standard InChI is InChI=1S/C12H13NO4/c1-17-12-8(9(14)6-10(15)16)3-2-7-4-5-13-11(7)12/h2-5,9,13-14H,6H2,1H3,(H,15,16). The zero-order valence-corrected chi connectivity index (χ0v) is 9.30. The van der Waals surface area contributed by atoms with E-state index < -0.39 is 12.1 Å². The van der Waals surface area contributed by atoms with Gasteiger partial charge in [-0.1, -0.05) is 12.1 Å². The molecule has 1 aromatic carbocycles. The van der Waals surface area contributed by atoms with Crippen LogP contribution in [0.3, 0.4) is 0 Å². The predicted octanol–water partition coefficient (Wildman–Crippen LogP) is 1.68. The maximum absolute atomic E-state index is 10.6. The van der Waals surface area contributed by atoms with E-state index in [1.54, 1.807) is 12.3 Å². The first-order valence-electron chi connectivity index (χ1n) is 5.17. The van der Waals surface area contributed by atoms with Gasteiger partial charge < -0.3 is 19.9 Å². The lowest BCUT2D eigenvalue weighted by molar-refractivity contribution is -0.139. The molecule has 0 aliphatic rings. The molecule has 0 amide bonds. The van der Waals surface area contributed by atoms with E-state index in [1.165, 1.54) is 7.11 Å². The molecule has 0 radical (unpaired) electrons. The van der Waals surface area contributed by atoms with Crippen LogP contribution in [0.15, 0.2) is 24.4 Å². The van der Waals surface area contributed by atoms with Crippen molar-refractivity contribution in [1.29, 1.82) is 0 Å². The van der Waals surface area contributed by atoms with E-state index in [9.17, 15) is 9.90 Å². The Hall–Kier alpha value is -2.01. The van der Waals surface area contributed by atoms with E-state index in [0.717, 1.165) is 10.9 Å². The number of fused-ring (bicyclic) bond motifs is 1. The molecule has 5 nitrogen and oxygen atoms in total. The van der Waals surface area contributed by atoms with Crippen LogP contribution in [0.4, 0.5) is 0 Å². The van der Waals surface area contributed by atoms with Crippen LogP contribution in [0.2, 0.25) is 0 Å². The highest BCUT2D eigenvalue weighted by atomic mass is 16.5. The third kappa shape index (κ3) is 2.09. The number of aliphatic hydroxyl groups is 1. The molecule has 0 saturated carbocycles. The molecule has 2 aromatic rings. The quantitative estimate of drug-likeness (QED) is 0.753. The number of nitrogens with one attached hydrogen (secondary N) is 1. The third-order valence-corrected chi connectivity index (χ3v) is 2.64. The summed E-state index contributed by atoms with van der Waals surface area (Å²) in [6, 6.07) is 5.38. The van der Waals surface area contributed by atoms with Crippen LogP contribution in [0.5, 0.6) is 5.75 Å². The van der Waals surface area contributed by atoms with Crippen LogP contribution < -0.4 is 4.74 Å². The molecule has 0 spiro atoms. The van der Waals surface area contributed by atoms with Crippen molar-refractivity contribution < 1.29 is 19.7 Å². The smallest absolute Gasteiger partial charge is 0.306 e. The van der Waals surface area contributed by atoms with Crippen molar-refractivity contribution in [3.63, 3.8) is 0 Å². The molecule has 5 heteroatoms. The minimum Gasteiger partial charge on any atom is -0.494 e. The maximum Gasteiger partial charge on any atom is 0.306 e. The second-order valence-electron chi connectivity index (χ2n) is 3.74. The summed E-state index contributed by atoms with van der Waals surface area (Å²) in [5.74, 6) is -0.563. The van der Waals surface area contributed by atoms with Crippen molar-refractivity contribution in [2.24, 2.45) is 0 Å². The number of aliphatic carboxylic acids is 1. The normalized spacial score (nSPS) is 12.6. The van der Waals surface area contributed by atoms with Gasteiger partial charge in [0.1, 0.15) is 5.75 Å². The van der Waals surface area contributed by atoms with E-state index in [0.29, 0.717) is 11.3 Å². The largest absolute Gasteiger partial charge is 0.494 e. The van der Waals surface area contributed by atoms with Crippen LogP contribution in [-0.2, 0) is 4.79 Å². The molecule has 0 fully saturated rings. The van der Waals surface area contributed by atoms with Gasteiger partial charge in [0.2, 0.25) is 0 Å². The van der Waals surface area contributed by atoms with E-state index >= 15 is 0 Å². The zero-order chi connectivity index (χ0) is 12.4. The number of rotatable bonds is 4. The molecular weight excluding hydrogens is 222 g/mol. The highest BCUT2D eigenvalue weighted by Gasteiger charge is 2.18. The number of hydrogen-bond donors (Lipinski definition) is 3. The Kier molecular flexibility index (Phi) is 3.01. The van der Waals surface area contributed by atoms with Gasteiger partial charge in [0.05, 0.1) is 25.2 Å². The average molecular weight is 235 g/mol. The second kappa shape index (κ2) is 4.47. The summed E-state index contributed by atoms with van der Waals surface area (Å²) in [5.41, 5.74) is 1.24. The van der Waals surface area contributed by atoms with Crippen LogP contribution in [-0.4, -0.2) is 28.3 Å². The SMILES string of the molecule is COc1c(C(O)CC(=O)O)ccc2cc[nH]c12. The van der Waals surface area contributed by atoms with Gasteiger partial charge in [0.25, 0.3) is 0 Å². The monoisotopic (exact) mass is 235 g/mol. The second-order valence-corrected chi connectivity index (χ2v) is 3.74. The highest BCUT2D eigenvalue weighted by Crippen LogP contribution is 2.33. The molecule has 0 aliphatic carbocycles. The highest BCUT2D eigenvalue weighted by molar-refractivity contribution is 5.87. The summed E-state index contributed by atoms with van der Waals surface area (Å²) in [4.78, 5) is 13.6. The predicted molar refractivity (Wildman–Crippen MR) is 62.1 cm³/mol. The molecule has 2 rings (SSSR count). The summed E-state index contributed by atoms with van der Waals surface area (Å²) >= 11 is 0. The summed E-state index contributed by atoms with van der Waals surface area (Å²) in [6.45, 7) is 0. The molecule has 1 unspecified atom stereocenters. The van der Waals surface area contributed by atoms with E-state index in [1.807, 2.05) is 12.1 Å². The number of H-pyrrole nitrogens is 1. The molecule has 1 atom stereocenters. The Labute approximate surface area is 97.6 Å². The number of aromatic nitrogens is 1. The number of ether oxygens (including phenoxy) is 1. The Morgan fingerprint density at radius 3 is 2.88 bits per heavy atom. The molecule has 0 bridgehead atoms. The fraction of sp³-hybridized carbons (Fsp3) is 0.250. The van der Waals surface area contributed by atoms with Crippen LogP contribution >= 0.6 is 0 Å².